The molecule has 0 spiro atoms. The van der Waals surface area contributed by atoms with E-state index in [9.17, 15) is 4.79 Å². The maximum absolute atomic E-state index is 11.4. The van der Waals surface area contributed by atoms with Gasteiger partial charge in [-0.05, 0) is 29.1 Å². The number of rotatable bonds is 6. The van der Waals surface area contributed by atoms with E-state index < -0.39 is 0 Å². The molecule has 6 nitrogen and oxygen atoms in total. The summed E-state index contributed by atoms with van der Waals surface area (Å²) in [6.45, 7) is 0.577. The van der Waals surface area contributed by atoms with Gasteiger partial charge in [0.1, 0.15) is 0 Å². The molecule has 8 heteroatoms. The highest BCUT2D eigenvalue weighted by atomic mass is 32.1. The highest BCUT2D eigenvalue weighted by Crippen LogP contribution is 2.39. The smallest absolute Gasteiger partial charge is 0.224 e. The van der Waals surface area contributed by atoms with Crippen LogP contribution >= 0.6 is 22.7 Å². The van der Waals surface area contributed by atoms with E-state index in [1.165, 1.54) is 11.3 Å². The number of anilines is 2. The standard InChI is InChI=1S/C19H17N5OS2/c1-24(2)16-8-14-18(27-16)17(13-5-7-26-15(13)11-25)23-19(22-14)21-10-12-4-3-6-20-9-12/h3-9,11H,10H2,1-2H3,(H,21,22,23). The van der Waals surface area contributed by atoms with E-state index in [0.29, 0.717) is 17.4 Å². The lowest BCUT2D eigenvalue weighted by atomic mass is 10.2. The van der Waals surface area contributed by atoms with E-state index in [1.807, 2.05) is 54.8 Å². The number of pyridine rings is 1. The lowest BCUT2D eigenvalue weighted by Gasteiger charge is -2.08. The van der Waals surface area contributed by atoms with Crippen molar-refractivity contribution in [1.82, 2.24) is 15.0 Å². The van der Waals surface area contributed by atoms with Gasteiger partial charge in [0.25, 0.3) is 0 Å². The molecule has 0 fully saturated rings. The molecular weight excluding hydrogens is 378 g/mol. The zero-order chi connectivity index (χ0) is 18.8. The molecule has 0 unspecified atom stereocenters. The van der Waals surface area contributed by atoms with Crippen molar-refractivity contribution in [3.05, 3.63) is 52.5 Å². The lowest BCUT2D eigenvalue weighted by Crippen LogP contribution is -2.05. The first-order chi connectivity index (χ1) is 13.2. The maximum atomic E-state index is 11.4. The monoisotopic (exact) mass is 395 g/mol. The van der Waals surface area contributed by atoms with Crippen molar-refractivity contribution in [2.24, 2.45) is 0 Å². The van der Waals surface area contributed by atoms with Crippen molar-refractivity contribution >= 4 is 50.1 Å². The molecule has 136 valence electrons. The summed E-state index contributed by atoms with van der Waals surface area (Å²) in [6, 6.07) is 7.89. The average molecular weight is 396 g/mol. The summed E-state index contributed by atoms with van der Waals surface area (Å²) >= 11 is 3.04. The molecule has 0 aliphatic rings. The van der Waals surface area contributed by atoms with Crippen molar-refractivity contribution in [1.29, 1.82) is 0 Å². The number of nitrogens with one attached hydrogen (secondary N) is 1. The molecule has 4 aromatic rings. The Morgan fingerprint density at radius 2 is 2.15 bits per heavy atom. The first kappa shape index (κ1) is 17.6. The fraction of sp³-hybridized carbons (Fsp3) is 0.158. The first-order valence-electron chi connectivity index (χ1n) is 8.30. The molecule has 27 heavy (non-hydrogen) atoms. The van der Waals surface area contributed by atoms with Gasteiger partial charge in [-0.15, -0.1) is 22.7 Å². The third-order valence-electron chi connectivity index (χ3n) is 4.03. The average Bonchev–Trinajstić information content (AvgIpc) is 3.33. The van der Waals surface area contributed by atoms with Gasteiger partial charge in [0, 0.05) is 38.6 Å². The molecule has 4 rings (SSSR count). The highest BCUT2D eigenvalue weighted by molar-refractivity contribution is 7.23. The predicted octanol–water partition coefficient (Wildman–Crippen LogP) is 4.31. The fourth-order valence-corrected chi connectivity index (χ4v) is 4.41. The number of aromatic nitrogens is 3. The van der Waals surface area contributed by atoms with Gasteiger partial charge >= 0.3 is 0 Å². The lowest BCUT2D eigenvalue weighted by molar-refractivity contribution is 0.112. The van der Waals surface area contributed by atoms with Crippen molar-refractivity contribution < 1.29 is 4.79 Å². The molecule has 0 aliphatic carbocycles. The summed E-state index contributed by atoms with van der Waals surface area (Å²) in [4.78, 5) is 27.7. The molecule has 0 amide bonds. The minimum absolute atomic E-state index is 0.535. The van der Waals surface area contributed by atoms with E-state index in [-0.39, 0.29) is 0 Å². The predicted molar refractivity (Wildman–Crippen MR) is 112 cm³/mol. The topological polar surface area (TPSA) is 71.0 Å². The Balaban J connectivity index is 1.79. The summed E-state index contributed by atoms with van der Waals surface area (Å²) in [5.74, 6) is 0.535. The molecule has 4 aromatic heterocycles. The van der Waals surface area contributed by atoms with Crippen LogP contribution in [0, 0.1) is 0 Å². The number of hydrogen-bond donors (Lipinski definition) is 1. The first-order valence-corrected chi connectivity index (χ1v) is 10.00. The van der Waals surface area contributed by atoms with Gasteiger partial charge in [-0.25, -0.2) is 9.97 Å². The Bertz CT molecular complexity index is 1090. The van der Waals surface area contributed by atoms with Gasteiger partial charge in [-0.2, -0.15) is 0 Å². The van der Waals surface area contributed by atoms with Crippen LogP contribution in [0.1, 0.15) is 15.2 Å². The summed E-state index contributed by atoms with van der Waals surface area (Å²) < 4.78 is 0.979. The second-order valence-corrected chi connectivity index (χ2v) is 8.10. The quantitative estimate of drug-likeness (QED) is 0.491. The molecule has 0 bridgehead atoms. The molecule has 1 N–H and O–H groups in total. The summed E-state index contributed by atoms with van der Waals surface area (Å²) in [5, 5.41) is 6.28. The van der Waals surface area contributed by atoms with E-state index in [4.69, 9.17) is 4.98 Å². The van der Waals surface area contributed by atoms with Crippen LogP contribution in [0.3, 0.4) is 0 Å². The van der Waals surface area contributed by atoms with Crippen LogP contribution in [0.15, 0.2) is 42.0 Å². The van der Waals surface area contributed by atoms with Crippen LogP contribution in [0.25, 0.3) is 21.5 Å². The number of thiophene rings is 2. The molecule has 0 saturated heterocycles. The minimum Gasteiger partial charge on any atom is -0.369 e. The Kier molecular flexibility index (Phi) is 4.83. The summed E-state index contributed by atoms with van der Waals surface area (Å²) in [7, 11) is 4.00. The third-order valence-corrected chi connectivity index (χ3v) is 6.17. The van der Waals surface area contributed by atoms with Crippen LogP contribution in [-0.2, 0) is 6.54 Å². The molecule has 0 aliphatic heterocycles. The van der Waals surface area contributed by atoms with Crippen LogP contribution in [0.4, 0.5) is 10.9 Å². The van der Waals surface area contributed by atoms with E-state index in [2.05, 4.69) is 15.3 Å². The normalized spacial score (nSPS) is 10.9. The van der Waals surface area contributed by atoms with Crippen LogP contribution in [0.5, 0.6) is 0 Å². The minimum atomic E-state index is 0.535. The Morgan fingerprint density at radius 3 is 2.89 bits per heavy atom. The van der Waals surface area contributed by atoms with Gasteiger partial charge in [0.05, 0.1) is 25.8 Å². The molecule has 0 radical (unpaired) electrons. The zero-order valence-corrected chi connectivity index (χ0v) is 16.5. The molecule has 0 atom stereocenters. The SMILES string of the molecule is CN(C)c1cc2nc(NCc3cccnc3)nc(-c3ccsc3C=O)c2s1. The van der Waals surface area contributed by atoms with Gasteiger partial charge in [0.15, 0.2) is 6.29 Å². The number of fused-ring (bicyclic) bond motifs is 1. The van der Waals surface area contributed by atoms with Crippen LogP contribution < -0.4 is 10.2 Å². The highest BCUT2D eigenvalue weighted by Gasteiger charge is 2.17. The van der Waals surface area contributed by atoms with Crippen molar-refractivity contribution in [3.63, 3.8) is 0 Å². The zero-order valence-electron chi connectivity index (χ0n) is 14.8. The van der Waals surface area contributed by atoms with Gasteiger partial charge in [0.2, 0.25) is 5.95 Å². The Morgan fingerprint density at radius 1 is 1.26 bits per heavy atom. The van der Waals surface area contributed by atoms with E-state index in [1.54, 1.807) is 17.5 Å². The number of aldehydes is 1. The maximum Gasteiger partial charge on any atom is 0.224 e. The largest absolute Gasteiger partial charge is 0.369 e. The number of hydrogen-bond acceptors (Lipinski definition) is 8. The number of carbonyl (C=O) groups is 1. The fourth-order valence-electron chi connectivity index (χ4n) is 2.69. The van der Waals surface area contributed by atoms with Crippen molar-refractivity contribution in [2.45, 2.75) is 6.54 Å². The van der Waals surface area contributed by atoms with Crippen LogP contribution in [0.2, 0.25) is 0 Å². The van der Waals surface area contributed by atoms with Crippen molar-refractivity contribution in [2.75, 3.05) is 24.3 Å². The second-order valence-electron chi connectivity index (χ2n) is 6.12. The third kappa shape index (κ3) is 3.54. The van der Waals surface area contributed by atoms with Gasteiger partial charge < -0.3 is 10.2 Å². The molecular formula is C19H17N5OS2. The van der Waals surface area contributed by atoms with Crippen LogP contribution in [-0.4, -0.2) is 35.3 Å². The Labute approximate surface area is 164 Å². The number of nitrogens with zero attached hydrogens (tertiary/aromatic N) is 4. The second kappa shape index (κ2) is 7.42. The van der Waals surface area contributed by atoms with Crippen molar-refractivity contribution in [3.8, 4) is 11.3 Å². The van der Waals surface area contributed by atoms with E-state index >= 15 is 0 Å². The van der Waals surface area contributed by atoms with Gasteiger partial charge in [-0.3, -0.25) is 9.78 Å². The van der Waals surface area contributed by atoms with Gasteiger partial charge in [-0.1, -0.05) is 6.07 Å². The molecule has 0 aromatic carbocycles. The summed E-state index contributed by atoms with van der Waals surface area (Å²) in [5.41, 5.74) is 3.55. The molecule has 0 saturated carbocycles. The number of carbonyl (C=O) groups excluding carboxylic acids is 1. The molecule has 4 heterocycles. The summed E-state index contributed by atoms with van der Waals surface area (Å²) in [6.07, 6.45) is 4.44. The Hall–Kier alpha value is -2.84. The van der Waals surface area contributed by atoms with E-state index in [0.717, 1.165) is 38.3 Å².